The van der Waals surface area contributed by atoms with Gasteiger partial charge in [-0.25, -0.2) is 4.98 Å². The third kappa shape index (κ3) is 5.38. The normalized spacial score (nSPS) is 21.6. The largest absolute Gasteiger partial charge is 0.376 e. The number of aryl methyl sites for hydroxylation is 1. The number of ether oxygens (including phenoxy) is 1. The van der Waals surface area contributed by atoms with Crippen LogP contribution in [0.2, 0.25) is 0 Å². The van der Waals surface area contributed by atoms with E-state index in [9.17, 15) is 9.59 Å². The molecule has 3 saturated heterocycles. The SMILES string of the molecule is Cc1cccn2c(=O)c(C=C3SC(=S)N(CC4CCCO4)C3=O)c(N3CCN(Cc4ccccc4)CC3)nc12. The Labute approximate surface area is 237 Å². The van der Waals surface area contributed by atoms with E-state index in [1.165, 1.54) is 17.3 Å². The fraction of sp³-hybridized carbons (Fsp3) is 0.379. The number of anilines is 1. The van der Waals surface area contributed by atoms with Gasteiger partial charge in [0.15, 0.2) is 0 Å². The van der Waals surface area contributed by atoms with Crippen LogP contribution in [0.1, 0.15) is 29.5 Å². The molecule has 1 atom stereocenters. The molecule has 0 saturated carbocycles. The molecule has 0 spiro atoms. The number of hydrogen-bond donors (Lipinski definition) is 0. The van der Waals surface area contributed by atoms with E-state index in [1.54, 1.807) is 21.6 Å². The van der Waals surface area contributed by atoms with Crippen LogP contribution in [0.3, 0.4) is 0 Å². The molecule has 2 aromatic heterocycles. The molecule has 5 heterocycles. The number of hydrogen-bond acceptors (Lipinski definition) is 8. The number of thioether (sulfide) groups is 1. The molecule has 39 heavy (non-hydrogen) atoms. The molecule has 0 aliphatic carbocycles. The molecule has 3 aliphatic heterocycles. The lowest BCUT2D eigenvalue weighted by Gasteiger charge is -2.36. The Bertz CT molecular complexity index is 1490. The zero-order valence-electron chi connectivity index (χ0n) is 21.9. The Kier molecular flexibility index (Phi) is 7.53. The molecule has 0 bridgehead atoms. The Balaban J connectivity index is 1.31. The van der Waals surface area contributed by atoms with Gasteiger partial charge in [-0.15, -0.1) is 0 Å². The van der Waals surface area contributed by atoms with Crippen LogP contribution in [0.25, 0.3) is 11.7 Å². The van der Waals surface area contributed by atoms with Gasteiger partial charge < -0.3 is 9.64 Å². The smallest absolute Gasteiger partial charge is 0.267 e. The van der Waals surface area contributed by atoms with Crippen molar-refractivity contribution in [3.05, 3.63) is 80.6 Å². The molecule has 3 aliphatic rings. The predicted octanol–water partition coefficient (Wildman–Crippen LogP) is 3.71. The number of fused-ring (bicyclic) bond motifs is 1. The molecule has 0 N–H and O–H groups in total. The van der Waals surface area contributed by atoms with Crippen LogP contribution in [-0.4, -0.2) is 74.8 Å². The summed E-state index contributed by atoms with van der Waals surface area (Å²) in [5.74, 6) is 0.450. The van der Waals surface area contributed by atoms with E-state index < -0.39 is 0 Å². The summed E-state index contributed by atoms with van der Waals surface area (Å²) in [5.41, 5.74) is 3.08. The van der Waals surface area contributed by atoms with Gasteiger partial charge in [0.2, 0.25) is 0 Å². The first-order chi connectivity index (χ1) is 19.0. The molecule has 1 aromatic carbocycles. The molecule has 1 amide bonds. The fourth-order valence-electron chi connectivity index (χ4n) is 5.41. The molecule has 0 radical (unpaired) electrons. The predicted molar refractivity (Wildman–Crippen MR) is 159 cm³/mol. The second kappa shape index (κ2) is 11.2. The average molecular weight is 562 g/mol. The maximum atomic E-state index is 13.8. The third-order valence-corrected chi connectivity index (χ3v) is 8.92. The molecule has 1 unspecified atom stereocenters. The van der Waals surface area contributed by atoms with E-state index >= 15 is 0 Å². The number of piperazine rings is 1. The topological polar surface area (TPSA) is 70.4 Å². The van der Waals surface area contributed by atoms with Gasteiger partial charge in [0.1, 0.15) is 15.8 Å². The Morgan fingerprint density at radius 2 is 1.90 bits per heavy atom. The van der Waals surface area contributed by atoms with Crippen molar-refractivity contribution in [3.8, 4) is 0 Å². The minimum Gasteiger partial charge on any atom is -0.376 e. The lowest BCUT2D eigenvalue weighted by molar-refractivity contribution is -0.123. The number of aromatic nitrogens is 2. The van der Waals surface area contributed by atoms with Gasteiger partial charge in [0, 0.05) is 45.5 Å². The summed E-state index contributed by atoms with van der Waals surface area (Å²) < 4.78 is 7.81. The number of benzene rings is 1. The van der Waals surface area contributed by atoms with Crippen LogP contribution in [-0.2, 0) is 16.1 Å². The van der Waals surface area contributed by atoms with Crippen LogP contribution < -0.4 is 10.5 Å². The van der Waals surface area contributed by atoms with E-state index in [1.807, 2.05) is 25.1 Å². The molecule has 6 rings (SSSR count). The molecule has 3 aromatic rings. The van der Waals surface area contributed by atoms with E-state index in [2.05, 4.69) is 34.1 Å². The number of amides is 1. The van der Waals surface area contributed by atoms with E-state index in [-0.39, 0.29) is 17.6 Å². The van der Waals surface area contributed by atoms with E-state index in [4.69, 9.17) is 21.9 Å². The molecule has 10 heteroatoms. The van der Waals surface area contributed by atoms with Crippen LogP contribution in [0.5, 0.6) is 0 Å². The number of carbonyl (C=O) groups excluding carboxylic acids is 1. The summed E-state index contributed by atoms with van der Waals surface area (Å²) in [6.07, 6.45) is 5.36. The van der Waals surface area contributed by atoms with Gasteiger partial charge in [-0.1, -0.05) is 60.4 Å². The van der Waals surface area contributed by atoms with E-state index in [0.29, 0.717) is 32.8 Å². The highest BCUT2D eigenvalue weighted by Gasteiger charge is 2.35. The fourth-order valence-corrected chi connectivity index (χ4v) is 6.66. The minimum atomic E-state index is -0.185. The summed E-state index contributed by atoms with van der Waals surface area (Å²) in [4.78, 5) is 38.9. The number of thiocarbonyl (C=S) groups is 1. The highest BCUT2D eigenvalue weighted by molar-refractivity contribution is 8.26. The standard InChI is InChI=1S/C29H31N5O3S2/c1-20-7-5-11-33-25(20)30-26(32-14-12-31(13-15-32)18-21-8-3-2-4-9-21)23(27(33)35)17-24-28(36)34(29(38)39-24)19-22-10-6-16-37-22/h2-5,7-9,11,17,22H,6,10,12-16,18-19H2,1H3. The second-order valence-electron chi connectivity index (χ2n) is 10.2. The van der Waals surface area contributed by atoms with E-state index in [0.717, 1.165) is 57.7 Å². The lowest BCUT2D eigenvalue weighted by atomic mass is 10.1. The zero-order valence-corrected chi connectivity index (χ0v) is 23.5. The molecular formula is C29H31N5O3S2. The quantitative estimate of drug-likeness (QED) is 0.333. The average Bonchev–Trinajstić information content (AvgIpc) is 3.56. The first kappa shape index (κ1) is 26.2. The third-order valence-electron chi connectivity index (χ3n) is 7.54. The maximum Gasteiger partial charge on any atom is 0.267 e. The van der Waals surface area contributed by atoms with Crippen LogP contribution in [0.15, 0.2) is 58.4 Å². The number of pyridine rings is 1. The Hall–Kier alpha value is -3.05. The maximum absolute atomic E-state index is 13.8. The van der Waals surface area contributed by atoms with Crippen molar-refractivity contribution in [2.24, 2.45) is 0 Å². The van der Waals surface area contributed by atoms with Crippen molar-refractivity contribution in [1.29, 1.82) is 0 Å². The highest BCUT2D eigenvalue weighted by atomic mass is 32.2. The van der Waals surface area contributed by atoms with Gasteiger partial charge in [0.25, 0.3) is 11.5 Å². The zero-order chi connectivity index (χ0) is 26.9. The van der Waals surface area contributed by atoms with Crippen molar-refractivity contribution < 1.29 is 9.53 Å². The summed E-state index contributed by atoms with van der Waals surface area (Å²) in [6.45, 7) is 7.20. The molecule has 8 nitrogen and oxygen atoms in total. The van der Waals surface area contributed by atoms with Gasteiger partial charge in [-0.05, 0) is 43.0 Å². The summed E-state index contributed by atoms with van der Waals surface area (Å²) in [6, 6.07) is 14.3. The summed E-state index contributed by atoms with van der Waals surface area (Å²) in [5, 5.41) is 0. The van der Waals surface area contributed by atoms with Crippen molar-refractivity contribution in [1.82, 2.24) is 19.2 Å². The molecular weight excluding hydrogens is 530 g/mol. The van der Waals surface area contributed by atoms with Gasteiger partial charge in [-0.3, -0.25) is 23.8 Å². The monoisotopic (exact) mass is 561 g/mol. The van der Waals surface area contributed by atoms with Crippen molar-refractivity contribution in [3.63, 3.8) is 0 Å². The first-order valence-electron chi connectivity index (χ1n) is 13.4. The number of nitrogens with zero attached hydrogens (tertiary/aromatic N) is 5. The first-order valence-corrected chi connectivity index (χ1v) is 14.6. The van der Waals surface area contributed by atoms with Gasteiger partial charge >= 0.3 is 0 Å². The molecule has 3 fully saturated rings. The Morgan fingerprint density at radius 1 is 1.10 bits per heavy atom. The highest BCUT2D eigenvalue weighted by Crippen LogP contribution is 2.34. The van der Waals surface area contributed by atoms with Crippen LogP contribution in [0, 0.1) is 6.92 Å². The second-order valence-corrected chi connectivity index (χ2v) is 11.9. The lowest BCUT2D eigenvalue weighted by Crippen LogP contribution is -2.47. The van der Waals surface area contributed by atoms with Crippen LogP contribution >= 0.6 is 24.0 Å². The minimum absolute atomic E-state index is 0.00512. The summed E-state index contributed by atoms with van der Waals surface area (Å²) in [7, 11) is 0. The van der Waals surface area contributed by atoms with Gasteiger partial charge in [0.05, 0.1) is 23.1 Å². The number of rotatable bonds is 6. The number of carbonyl (C=O) groups is 1. The van der Waals surface area contributed by atoms with Crippen molar-refractivity contribution in [2.75, 3.05) is 44.2 Å². The Morgan fingerprint density at radius 3 is 2.64 bits per heavy atom. The van der Waals surface area contributed by atoms with Gasteiger partial charge in [-0.2, -0.15) is 0 Å². The molecule has 202 valence electrons. The van der Waals surface area contributed by atoms with Crippen molar-refractivity contribution in [2.45, 2.75) is 32.4 Å². The van der Waals surface area contributed by atoms with Crippen LogP contribution in [0.4, 0.5) is 5.82 Å². The summed E-state index contributed by atoms with van der Waals surface area (Å²) >= 11 is 6.80. The van der Waals surface area contributed by atoms with Crippen molar-refractivity contribution >= 4 is 51.7 Å².